The molecule has 0 bridgehead atoms. The normalized spacial score (nSPS) is 19.6. The first kappa shape index (κ1) is 13.5. The van der Waals surface area contributed by atoms with Gasteiger partial charge < -0.3 is 10.0 Å². The molecule has 1 aliphatic carbocycles. The Morgan fingerprint density at radius 2 is 2.07 bits per heavy atom. The monoisotopic (exact) mass is 277 g/mol. The minimum Gasteiger partial charge on any atom is -0.396 e. The van der Waals surface area contributed by atoms with Crippen molar-refractivity contribution < 1.29 is 5.11 Å². The number of hydrogen-bond donors (Lipinski definition) is 1. The van der Waals surface area contributed by atoms with Crippen LogP contribution in [0.4, 0.5) is 0 Å². The van der Waals surface area contributed by atoms with Gasteiger partial charge in [-0.15, -0.1) is 0 Å². The third-order valence-electron chi connectivity index (χ3n) is 3.57. The van der Waals surface area contributed by atoms with Gasteiger partial charge >= 0.3 is 0 Å². The van der Waals surface area contributed by atoms with Crippen LogP contribution in [-0.2, 0) is 0 Å². The van der Waals surface area contributed by atoms with Crippen molar-refractivity contribution in [2.45, 2.75) is 45.6 Å². The smallest absolute Gasteiger partial charge is 0.0443 e. The second-order valence-electron chi connectivity index (χ2n) is 5.13. The Kier molecular flexibility index (Phi) is 5.58. The number of rotatable bonds is 7. The highest BCUT2D eigenvalue weighted by Crippen LogP contribution is 2.43. The van der Waals surface area contributed by atoms with Crippen LogP contribution in [0.25, 0.3) is 0 Å². The lowest BCUT2D eigenvalue weighted by atomic mass is 9.70. The molecule has 0 aromatic carbocycles. The molecule has 1 saturated carbocycles. The van der Waals surface area contributed by atoms with Crippen molar-refractivity contribution >= 4 is 15.9 Å². The molecule has 0 aromatic heterocycles. The molecule has 0 amide bonds. The van der Waals surface area contributed by atoms with Crippen LogP contribution in [-0.4, -0.2) is 41.1 Å². The van der Waals surface area contributed by atoms with Crippen molar-refractivity contribution in [3.63, 3.8) is 0 Å². The number of aliphatic hydroxyl groups is 1. The fourth-order valence-electron chi connectivity index (χ4n) is 2.24. The van der Waals surface area contributed by atoms with Crippen LogP contribution in [0.2, 0.25) is 0 Å². The zero-order chi connectivity index (χ0) is 11.3. The molecule has 2 nitrogen and oxygen atoms in total. The van der Waals surface area contributed by atoms with E-state index >= 15 is 0 Å². The molecule has 0 radical (unpaired) electrons. The summed E-state index contributed by atoms with van der Waals surface area (Å²) in [5, 5.41) is 10.0. The lowest BCUT2D eigenvalue weighted by Crippen LogP contribution is -2.46. The van der Waals surface area contributed by atoms with Crippen molar-refractivity contribution in [3.8, 4) is 0 Å². The van der Waals surface area contributed by atoms with Crippen LogP contribution in [0.1, 0.15) is 39.5 Å². The quantitative estimate of drug-likeness (QED) is 0.724. The summed E-state index contributed by atoms with van der Waals surface area (Å²) in [6, 6.07) is 0.591. The molecule has 0 spiro atoms. The Morgan fingerprint density at radius 1 is 1.40 bits per heavy atom. The molecule has 3 heteroatoms. The van der Waals surface area contributed by atoms with Crippen molar-refractivity contribution in [2.24, 2.45) is 5.41 Å². The summed E-state index contributed by atoms with van der Waals surface area (Å²) >= 11 is 3.65. The van der Waals surface area contributed by atoms with Gasteiger partial charge in [0.05, 0.1) is 0 Å². The SMILES string of the molecule is CC(C)N(CCCO)CC1(CBr)CCC1. The summed E-state index contributed by atoms with van der Waals surface area (Å²) in [5.74, 6) is 0. The second kappa shape index (κ2) is 6.21. The van der Waals surface area contributed by atoms with Crippen molar-refractivity contribution in [1.29, 1.82) is 0 Å². The van der Waals surface area contributed by atoms with Gasteiger partial charge in [0.2, 0.25) is 0 Å². The number of nitrogens with zero attached hydrogens (tertiary/aromatic N) is 1. The van der Waals surface area contributed by atoms with E-state index in [1.807, 2.05) is 0 Å². The van der Waals surface area contributed by atoms with Crippen LogP contribution < -0.4 is 0 Å². The highest BCUT2D eigenvalue weighted by atomic mass is 79.9. The highest BCUT2D eigenvalue weighted by Gasteiger charge is 2.37. The average molecular weight is 278 g/mol. The number of alkyl halides is 1. The minimum absolute atomic E-state index is 0.310. The summed E-state index contributed by atoms with van der Waals surface area (Å²) in [5.41, 5.74) is 0.528. The Balaban J connectivity index is 2.42. The average Bonchev–Trinajstić information content (AvgIpc) is 2.15. The van der Waals surface area contributed by atoms with Gasteiger partial charge in [0.25, 0.3) is 0 Å². The summed E-state index contributed by atoms with van der Waals surface area (Å²) in [6.07, 6.45) is 5.01. The Labute approximate surface area is 102 Å². The van der Waals surface area contributed by atoms with E-state index in [4.69, 9.17) is 5.11 Å². The first-order valence-corrected chi connectivity index (χ1v) is 7.16. The summed E-state index contributed by atoms with van der Waals surface area (Å²) < 4.78 is 0. The van der Waals surface area contributed by atoms with E-state index in [1.165, 1.54) is 25.8 Å². The van der Waals surface area contributed by atoms with Gasteiger partial charge in [0.15, 0.2) is 0 Å². The first-order valence-electron chi connectivity index (χ1n) is 6.04. The Morgan fingerprint density at radius 3 is 2.40 bits per heavy atom. The van der Waals surface area contributed by atoms with E-state index in [-0.39, 0.29) is 0 Å². The number of halogens is 1. The molecule has 0 heterocycles. The molecule has 1 aliphatic rings. The topological polar surface area (TPSA) is 23.5 Å². The lowest BCUT2D eigenvalue weighted by molar-refractivity contribution is 0.0689. The third-order valence-corrected chi connectivity index (χ3v) is 4.76. The Bertz CT molecular complexity index is 175. The van der Waals surface area contributed by atoms with Crippen molar-refractivity contribution in [1.82, 2.24) is 4.90 Å². The first-order chi connectivity index (χ1) is 7.13. The summed E-state index contributed by atoms with van der Waals surface area (Å²) in [6.45, 7) is 7.03. The molecule has 15 heavy (non-hydrogen) atoms. The van der Waals surface area contributed by atoms with E-state index in [0.717, 1.165) is 18.3 Å². The predicted molar refractivity (Wildman–Crippen MR) is 68.5 cm³/mol. The molecule has 90 valence electrons. The number of aliphatic hydroxyl groups excluding tert-OH is 1. The molecule has 0 aromatic rings. The third kappa shape index (κ3) is 3.72. The maximum atomic E-state index is 8.89. The van der Waals surface area contributed by atoms with Crippen molar-refractivity contribution in [2.75, 3.05) is 25.0 Å². The van der Waals surface area contributed by atoms with Crippen LogP contribution in [0.15, 0.2) is 0 Å². The molecular formula is C12H24BrNO. The standard InChI is InChI=1S/C12H24BrNO/c1-11(2)14(7-4-8-15)10-12(9-13)5-3-6-12/h11,15H,3-10H2,1-2H3. The zero-order valence-corrected chi connectivity index (χ0v) is 11.6. The largest absolute Gasteiger partial charge is 0.396 e. The second-order valence-corrected chi connectivity index (χ2v) is 5.69. The van der Waals surface area contributed by atoms with Gasteiger partial charge in [-0.1, -0.05) is 22.4 Å². The maximum absolute atomic E-state index is 8.89. The van der Waals surface area contributed by atoms with Gasteiger partial charge in [-0.25, -0.2) is 0 Å². The van der Waals surface area contributed by atoms with Gasteiger partial charge in [-0.05, 0) is 38.5 Å². The van der Waals surface area contributed by atoms with Gasteiger partial charge in [-0.3, -0.25) is 0 Å². The molecule has 0 atom stereocenters. The van der Waals surface area contributed by atoms with Crippen molar-refractivity contribution in [3.05, 3.63) is 0 Å². The lowest BCUT2D eigenvalue weighted by Gasteiger charge is -2.45. The van der Waals surface area contributed by atoms with Crippen LogP contribution in [0.3, 0.4) is 0 Å². The molecular weight excluding hydrogens is 254 g/mol. The molecule has 0 saturated heterocycles. The summed E-state index contributed by atoms with van der Waals surface area (Å²) in [4.78, 5) is 2.51. The fourth-order valence-corrected chi connectivity index (χ4v) is 2.97. The van der Waals surface area contributed by atoms with Crippen LogP contribution in [0, 0.1) is 5.41 Å². The highest BCUT2D eigenvalue weighted by molar-refractivity contribution is 9.09. The Hall–Kier alpha value is 0.400. The van der Waals surface area contributed by atoms with Gasteiger partial charge in [0, 0.05) is 31.1 Å². The number of hydrogen-bond acceptors (Lipinski definition) is 2. The molecule has 1 N–H and O–H groups in total. The minimum atomic E-state index is 0.310. The van der Waals surface area contributed by atoms with Crippen LogP contribution >= 0.6 is 15.9 Å². The summed E-state index contributed by atoms with van der Waals surface area (Å²) in [7, 11) is 0. The predicted octanol–water partition coefficient (Wildman–Crippen LogP) is 2.64. The van der Waals surface area contributed by atoms with E-state index < -0.39 is 0 Å². The molecule has 0 aliphatic heterocycles. The maximum Gasteiger partial charge on any atom is 0.0443 e. The van der Waals surface area contributed by atoms with E-state index in [2.05, 4.69) is 34.7 Å². The molecule has 1 rings (SSSR count). The van der Waals surface area contributed by atoms with Crippen LogP contribution in [0.5, 0.6) is 0 Å². The van der Waals surface area contributed by atoms with E-state index in [1.54, 1.807) is 0 Å². The fraction of sp³-hybridized carbons (Fsp3) is 1.00. The molecule has 1 fully saturated rings. The van der Waals surface area contributed by atoms with E-state index in [9.17, 15) is 0 Å². The van der Waals surface area contributed by atoms with Gasteiger partial charge in [0.1, 0.15) is 0 Å². The molecule has 0 unspecified atom stereocenters. The zero-order valence-electron chi connectivity index (χ0n) is 10.0. The van der Waals surface area contributed by atoms with Gasteiger partial charge in [-0.2, -0.15) is 0 Å². The van der Waals surface area contributed by atoms with E-state index in [0.29, 0.717) is 18.1 Å².